The van der Waals surface area contributed by atoms with Crippen LogP contribution in [0.25, 0.3) is 0 Å². The zero-order chi connectivity index (χ0) is 20.8. The van der Waals surface area contributed by atoms with Gasteiger partial charge in [0.25, 0.3) is 0 Å². The average molecular weight is 390 g/mol. The van der Waals surface area contributed by atoms with Gasteiger partial charge in [-0.15, -0.1) is 0 Å². The number of aliphatic hydroxyl groups is 2. The van der Waals surface area contributed by atoms with Crippen molar-refractivity contribution >= 4 is 11.6 Å². The number of phenolic OH excluding ortho intramolecular Hbond substituents is 2. The molecule has 2 rings (SSSR count). The van der Waals surface area contributed by atoms with Gasteiger partial charge in [-0.25, -0.2) is 0 Å². The lowest BCUT2D eigenvalue weighted by atomic mass is 10.1. The van der Waals surface area contributed by atoms with Gasteiger partial charge in [-0.1, -0.05) is 12.1 Å². The highest BCUT2D eigenvalue weighted by Crippen LogP contribution is 2.29. The van der Waals surface area contributed by atoms with Gasteiger partial charge in [0, 0.05) is 0 Å². The van der Waals surface area contributed by atoms with E-state index in [4.69, 9.17) is 9.47 Å². The van der Waals surface area contributed by atoms with Crippen molar-refractivity contribution in [1.82, 2.24) is 0 Å². The van der Waals surface area contributed by atoms with Gasteiger partial charge >= 0.3 is 0 Å². The van der Waals surface area contributed by atoms with Crippen LogP contribution in [0.3, 0.4) is 0 Å². The van der Waals surface area contributed by atoms with Crippen molar-refractivity contribution in [2.24, 2.45) is 0 Å². The summed E-state index contributed by atoms with van der Waals surface area (Å²) in [6, 6.07) is 8.55. The molecule has 0 aliphatic rings. The van der Waals surface area contributed by atoms with Crippen molar-refractivity contribution in [2.75, 3.05) is 13.2 Å². The van der Waals surface area contributed by atoms with Crippen molar-refractivity contribution in [2.45, 2.75) is 26.1 Å². The first kappa shape index (κ1) is 21.2. The Hall–Kier alpha value is -3.10. The molecular weight excluding hydrogens is 368 g/mol. The fourth-order valence-electron chi connectivity index (χ4n) is 2.56. The largest absolute Gasteiger partial charge is 0.507 e. The van der Waals surface area contributed by atoms with Crippen LogP contribution in [0.5, 0.6) is 23.0 Å². The number of ether oxygens (including phenoxy) is 2. The molecule has 150 valence electrons. The Morgan fingerprint density at radius 1 is 0.786 bits per heavy atom. The maximum absolute atomic E-state index is 11.6. The number of ketones is 2. The van der Waals surface area contributed by atoms with Crippen LogP contribution in [0.15, 0.2) is 36.4 Å². The molecule has 2 atom stereocenters. The van der Waals surface area contributed by atoms with E-state index in [0.717, 1.165) is 0 Å². The highest BCUT2D eigenvalue weighted by atomic mass is 16.5. The SMILES string of the molecule is CC(=O)c1c(O)cccc1OCC(O)C(O)COc1cccc(O)c1C(C)=O. The Morgan fingerprint density at radius 3 is 1.46 bits per heavy atom. The van der Waals surface area contributed by atoms with Crippen molar-refractivity contribution < 1.29 is 39.5 Å². The minimum Gasteiger partial charge on any atom is -0.507 e. The van der Waals surface area contributed by atoms with Gasteiger partial charge in [-0.2, -0.15) is 0 Å². The molecule has 28 heavy (non-hydrogen) atoms. The second-order valence-electron chi connectivity index (χ2n) is 6.17. The predicted molar refractivity (Wildman–Crippen MR) is 99.2 cm³/mol. The van der Waals surface area contributed by atoms with E-state index in [2.05, 4.69) is 0 Å². The summed E-state index contributed by atoms with van der Waals surface area (Å²) in [5, 5.41) is 39.7. The van der Waals surface area contributed by atoms with Crippen LogP contribution in [-0.2, 0) is 0 Å². The Labute approximate surface area is 161 Å². The first-order valence-corrected chi connectivity index (χ1v) is 8.50. The lowest BCUT2D eigenvalue weighted by Gasteiger charge is -2.20. The maximum atomic E-state index is 11.6. The second kappa shape index (κ2) is 9.20. The number of hydrogen-bond acceptors (Lipinski definition) is 8. The monoisotopic (exact) mass is 390 g/mol. The topological polar surface area (TPSA) is 134 Å². The Kier molecular flexibility index (Phi) is 6.97. The van der Waals surface area contributed by atoms with Gasteiger partial charge in [0.05, 0.1) is 0 Å². The molecule has 0 radical (unpaired) electrons. The molecule has 8 nitrogen and oxygen atoms in total. The molecule has 0 saturated heterocycles. The first-order valence-electron chi connectivity index (χ1n) is 8.50. The zero-order valence-electron chi connectivity index (χ0n) is 15.5. The van der Waals surface area contributed by atoms with E-state index >= 15 is 0 Å². The second-order valence-corrected chi connectivity index (χ2v) is 6.17. The predicted octanol–water partition coefficient (Wildman–Crippen LogP) is 1.68. The fourth-order valence-corrected chi connectivity index (χ4v) is 2.56. The third-order valence-corrected chi connectivity index (χ3v) is 3.98. The molecule has 0 fully saturated rings. The third kappa shape index (κ3) is 4.99. The van der Waals surface area contributed by atoms with Gasteiger partial charge in [-0.3, -0.25) is 9.59 Å². The van der Waals surface area contributed by atoms with Crippen LogP contribution in [0.2, 0.25) is 0 Å². The summed E-state index contributed by atoms with van der Waals surface area (Å²) in [4.78, 5) is 23.2. The summed E-state index contributed by atoms with van der Waals surface area (Å²) < 4.78 is 10.7. The number of hydrogen-bond donors (Lipinski definition) is 4. The Bertz CT molecular complexity index is 790. The smallest absolute Gasteiger partial charge is 0.167 e. The van der Waals surface area contributed by atoms with E-state index in [1.54, 1.807) is 0 Å². The van der Waals surface area contributed by atoms with Gasteiger partial charge in [0.15, 0.2) is 11.6 Å². The summed E-state index contributed by atoms with van der Waals surface area (Å²) in [7, 11) is 0. The number of carbonyl (C=O) groups is 2. The molecule has 2 unspecified atom stereocenters. The first-order chi connectivity index (χ1) is 13.2. The highest BCUT2D eigenvalue weighted by Gasteiger charge is 2.22. The molecular formula is C20H22O8. The van der Waals surface area contributed by atoms with Crippen LogP contribution >= 0.6 is 0 Å². The number of benzene rings is 2. The molecule has 0 aromatic heterocycles. The number of phenols is 2. The molecule has 0 aliphatic carbocycles. The highest BCUT2D eigenvalue weighted by molar-refractivity contribution is 6.00. The maximum Gasteiger partial charge on any atom is 0.167 e. The number of aliphatic hydroxyl groups excluding tert-OH is 2. The van der Waals surface area contributed by atoms with Gasteiger partial charge < -0.3 is 29.9 Å². The van der Waals surface area contributed by atoms with E-state index < -0.39 is 23.8 Å². The van der Waals surface area contributed by atoms with Crippen LogP contribution in [0, 0.1) is 0 Å². The minimum atomic E-state index is -1.37. The number of rotatable bonds is 9. The summed E-state index contributed by atoms with van der Waals surface area (Å²) in [6.45, 7) is 1.80. The molecule has 0 spiro atoms. The summed E-state index contributed by atoms with van der Waals surface area (Å²) >= 11 is 0. The van der Waals surface area contributed by atoms with Crippen LogP contribution in [-0.4, -0.2) is 57.4 Å². The zero-order valence-corrected chi connectivity index (χ0v) is 15.5. The van der Waals surface area contributed by atoms with Crippen molar-refractivity contribution in [3.8, 4) is 23.0 Å². The third-order valence-electron chi connectivity index (χ3n) is 3.98. The fraction of sp³-hybridized carbons (Fsp3) is 0.300. The molecule has 2 aromatic carbocycles. The quantitative estimate of drug-likeness (QED) is 0.475. The standard InChI is InChI=1S/C20H22O8/c1-11(21)19-13(23)5-3-7-17(19)27-9-15(25)16(26)10-28-18-8-4-6-14(24)20(18)12(2)22/h3-8,15-16,23-26H,9-10H2,1-2H3. The van der Waals surface area contributed by atoms with Gasteiger partial charge in [-0.05, 0) is 38.1 Å². The normalized spacial score (nSPS) is 12.9. The molecule has 0 amide bonds. The molecule has 8 heteroatoms. The molecule has 4 N–H and O–H groups in total. The van der Waals surface area contributed by atoms with E-state index in [0.29, 0.717) is 0 Å². The lowest BCUT2D eigenvalue weighted by Crippen LogP contribution is -2.36. The van der Waals surface area contributed by atoms with E-state index in [1.165, 1.54) is 50.2 Å². The van der Waals surface area contributed by atoms with Crippen LogP contribution < -0.4 is 9.47 Å². The Balaban J connectivity index is 1.99. The van der Waals surface area contributed by atoms with Crippen molar-refractivity contribution in [1.29, 1.82) is 0 Å². The number of carbonyl (C=O) groups excluding carboxylic acids is 2. The van der Waals surface area contributed by atoms with Crippen molar-refractivity contribution in [3.63, 3.8) is 0 Å². The Morgan fingerprint density at radius 2 is 1.14 bits per heavy atom. The average Bonchev–Trinajstić information content (AvgIpc) is 2.63. The summed E-state index contributed by atoms with van der Waals surface area (Å²) in [5.74, 6) is -1.16. The number of Topliss-reactive ketones (excluding diaryl/α,β-unsaturated/α-hetero) is 2. The minimum absolute atomic E-state index is 0.0219. The van der Waals surface area contributed by atoms with E-state index in [9.17, 15) is 30.0 Å². The summed E-state index contributed by atoms with van der Waals surface area (Å²) in [5.41, 5.74) is -0.0439. The molecule has 0 aliphatic heterocycles. The van der Waals surface area contributed by atoms with E-state index in [1.807, 2.05) is 0 Å². The molecule has 0 heterocycles. The van der Waals surface area contributed by atoms with Gasteiger partial charge in [0.1, 0.15) is 59.5 Å². The molecule has 0 saturated carbocycles. The van der Waals surface area contributed by atoms with Crippen LogP contribution in [0.4, 0.5) is 0 Å². The van der Waals surface area contributed by atoms with Gasteiger partial charge in [0.2, 0.25) is 0 Å². The molecule has 0 bridgehead atoms. The summed E-state index contributed by atoms with van der Waals surface area (Å²) in [6.07, 6.45) is -2.75. The molecule has 2 aromatic rings. The van der Waals surface area contributed by atoms with Crippen LogP contribution in [0.1, 0.15) is 34.6 Å². The lowest BCUT2D eigenvalue weighted by molar-refractivity contribution is -0.0290. The van der Waals surface area contributed by atoms with Crippen molar-refractivity contribution in [3.05, 3.63) is 47.5 Å². The number of aromatic hydroxyl groups is 2. The van der Waals surface area contributed by atoms with E-state index in [-0.39, 0.29) is 47.3 Å².